The number of rotatable bonds is 39. The van der Waals surface area contributed by atoms with Crippen LogP contribution in [0.4, 0.5) is 0 Å². The second-order valence-electron chi connectivity index (χ2n) is 13.5. The van der Waals surface area contributed by atoms with Crippen molar-refractivity contribution in [2.75, 3.05) is 33.0 Å². The van der Waals surface area contributed by atoms with Crippen molar-refractivity contribution in [2.24, 2.45) is 5.73 Å². The summed E-state index contributed by atoms with van der Waals surface area (Å²) in [6, 6.07) is 0. The first-order chi connectivity index (χ1) is 22.9. The Morgan fingerprint density at radius 1 is 0.553 bits per heavy atom. The fourth-order valence-corrected chi connectivity index (χ4v) is 6.59. The number of nitrogens with two attached hydrogens (primary N) is 1. The molecule has 0 saturated carbocycles. The first-order valence-corrected chi connectivity index (χ1v) is 21.5. The molecule has 0 aromatic rings. The van der Waals surface area contributed by atoms with Gasteiger partial charge in [-0.1, -0.05) is 181 Å². The van der Waals surface area contributed by atoms with E-state index in [1.165, 1.54) is 148 Å². The molecule has 0 spiro atoms. The minimum atomic E-state index is -4.26. The SMILES string of the molecule is CCCCCCCCCCCCCCCCCCCCCOCC(COP(=O)(O)OCCN)OC(=O)CCCCCCCCCCC. The predicted molar refractivity (Wildman–Crippen MR) is 197 cm³/mol. The van der Waals surface area contributed by atoms with Gasteiger partial charge in [0.05, 0.1) is 19.8 Å². The molecule has 2 atom stereocenters. The molecule has 282 valence electrons. The zero-order valence-electron chi connectivity index (χ0n) is 31.0. The molecule has 0 fully saturated rings. The van der Waals surface area contributed by atoms with Crippen LogP contribution in [0.1, 0.15) is 200 Å². The summed E-state index contributed by atoms with van der Waals surface area (Å²) in [4.78, 5) is 22.3. The summed E-state index contributed by atoms with van der Waals surface area (Å²) in [6.45, 7) is 4.94. The number of hydrogen-bond acceptors (Lipinski definition) is 7. The van der Waals surface area contributed by atoms with Gasteiger partial charge in [0.25, 0.3) is 0 Å². The van der Waals surface area contributed by atoms with Gasteiger partial charge in [0.15, 0.2) is 0 Å². The van der Waals surface area contributed by atoms with Gasteiger partial charge in [0, 0.05) is 19.6 Å². The monoisotopic (exact) mass is 692 g/mol. The standard InChI is InChI=1S/C38H78NO7P/c1-3-5-7-9-11-13-14-15-16-17-18-19-20-21-22-24-26-28-30-33-43-35-37(36-45-47(41,42)44-34-32-39)46-38(40)31-29-27-25-23-12-10-8-6-4-2/h37H,3-36,39H2,1-2H3,(H,41,42). The van der Waals surface area contributed by atoms with Gasteiger partial charge < -0.3 is 20.1 Å². The topological polar surface area (TPSA) is 117 Å². The van der Waals surface area contributed by atoms with Gasteiger partial charge in [-0.25, -0.2) is 4.57 Å². The number of unbranched alkanes of at least 4 members (excludes halogenated alkanes) is 26. The molecule has 0 aliphatic rings. The molecular weight excluding hydrogens is 613 g/mol. The van der Waals surface area contributed by atoms with Crippen LogP contribution in [0.2, 0.25) is 0 Å². The Labute approximate surface area is 291 Å². The van der Waals surface area contributed by atoms with Crippen LogP contribution in [0, 0.1) is 0 Å². The molecule has 0 bridgehead atoms. The maximum absolute atomic E-state index is 12.5. The second kappa shape index (κ2) is 36.8. The molecule has 2 unspecified atom stereocenters. The lowest BCUT2D eigenvalue weighted by Gasteiger charge is -2.20. The highest BCUT2D eigenvalue weighted by Gasteiger charge is 2.25. The van der Waals surface area contributed by atoms with Gasteiger partial charge in [-0.3, -0.25) is 13.8 Å². The van der Waals surface area contributed by atoms with Crippen molar-refractivity contribution in [1.82, 2.24) is 0 Å². The average Bonchev–Trinajstić information content (AvgIpc) is 3.06. The summed E-state index contributed by atoms with van der Waals surface area (Å²) in [7, 11) is -4.26. The minimum Gasteiger partial charge on any atom is -0.457 e. The van der Waals surface area contributed by atoms with Gasteiger partial charge in [0.2, 0.25) is 0 Å². The van der Waals surface area contributed by atoms with Crippen LogP contribution in [0.25, 0.3) is 0 Å². The van der Waals surface area contributed by atoms with E-state index in [0.29, 0.717) is 13.0 Å². The largest absolute Gasteiger partial charge is 0.472 e. The van der Waals surface area contributed by atoms with Crippen LogP contribution in [0.5, 0.6) is 0 Å². The Morgan fingerprint density at radius 3 is 1.34 bits per heavy atom. The number of hydrogen-bond donors (Lipinski definition) is 2. The first-order valence-electron chi connectivity index (χ1n) is 20.0. The van der Waals surface area contributed by atoms with E-state index in [-0.39, 0.29) is 32.3 Å². The maximum Gasteiger partial charge on any atom is 0.472 e. The van der Waals surface area contributed by atoms with Gasteiger partial charge in [-0.2, -0.15) is 0 Å². The molecular formula is C38H78NO7P. The van der Waals surface area contributed by atoms with Crippen molar-refractivity contribution in [1.29, 1.82) is 0 Å². The summed E-state index contributed by atoms with van der Waals surface area (Å²) in [5, 5.41) is 0. The van der Waals surface area contributed by atoms with E-state index < -0.39 is 13.9 Å². The molecule has 3 N–H and O–H groups in total. The molecule has 9 heteroatoms. The summed E-state index contributed by atoms with van der Waals surface area (Å²) in [5.41, 5.74) is 5.35. The van der Waals surface area contributed by atoms with E-state index in [1.54, 1.807) is 0 Å². The fraction of sp³-hybridized carbons (Fsp3) is 0.974. The lowest BCUT2D eigenvalue weighted by atomic mass is 10.0. The average molecular weight is 692 g/mol. The first kappa shape index (κ1) is 46.5. The highest BCUT2D eigenvalue weighted by Crippen LogP contribution is 2.43. The highest BCUT2D eigenvalue weighted by atomic mass is 31.2. The van der Waals surface area contributed by atoms with Crippen LogP contribution >= 0.6 is 7.82 Å². The van der Waals surface area contributed by atoms with Gasteiger partial charge in [-0.05, 0) is 12.8 Å². The Hall–Kier alpha value is -0.500. The Balaban J connectivity index is 3.92. The molecule has 0 amide bonds. The Bertz CT molecular complexity index is 697. The third-order valence-electron chi connectivity index (χ3n) is 8.77. The van der Waals surface area contributed by atoms with Crippen molar-refractivity contribution in [3.05, 3.63) is 0 Å². The number of esters is 1. The maximum atomic E-state index is 12.5. The van der Waals surface area contributed by atoms with Gasteiger partial charge in [0.1, 0.15) is 6.10 Å². The molecule has 0 aliphatic heterocycles. The molecule has 8 nitrogen and oxygen atoms in total. The quantitative estimate of drug-likeness (QED) is 0.0371. The van der Waals surface area contributed by atoms with Crippen LogP contribution in [-0.4, -0.2) is 49.9 Å². The molecule has 0 heterocycles. The van der Waals surface area contributed by atoms with E-state index in [1.807, 2.05) is 0 Å². The smallest absolute Gasteiger partial charge is 0.457 e. The van der Waals surface area contributed by atoms with E-state index in [4.69, 9.17) is 24.3 Å². The molecule has 0 radical (unpaired) electrons. The normalized spacial score (nSPS) is 13.5. The van der Waals surface area contributed by atoms with Crippen LogP contribution < -0.4 is 5.73 Å². The zero-order valence-corrected chi connectivity index (χ0v) is 31.9. The molecule has 0 rings (SSSR count). The Morgan fingerprint density at radius 2 is 0.936 bits per heavy atom. The highest BCUT2D eigenvalue weighted by molar-refractivity contribution is 7.47. The van der Waals surface area contributed by atoms with Crippen molar-refractivity contribution in [3.8, 4) is 0 Å². The summed E-state index contributed by atoms with van der Waals surface area (Å²) >= 11 is 0. The number of carbonyl (C=O) groups is 1. The summed E-state index contributed by atoms with van der Waals surface area (Å²) in [6.07, 6.45) is 35.5. The number of carbonyl (C=O) groups excluding carboxylic acids is 1. The molecule has 0 aromatic heterocycles. The summed E-state index contributed by atoms with van der Waals surface area (Å²) < 4.78 is 33.3. The molecule has 47 heavy (non-hydrogen) atoms. The number of ether oxygens (including phenoxy) is 2. The number of phosphoric acid groups is 1. The Kier molecular flexibility index (Phi) is 36.4. The third kappa shape index (κ3) is 36.6. The van der Waals surface area contributed by atoms with E-state index in [2.05, 4.69) is 13.8 Å². The van der Waals surface area contributed by atoms with E-state index in [9.17, 15) is 14.3 Å². The van der Waals surface area contributed by atoms with Crippen molar-refractivity contribution in [2.45, 2.75) is 206 Å². The zero-order chi connectivity index (χ0) is 34.5. The lowest BCUT2D eigenvalue weighted by molar-refractivity contribution is -0.154. The van der Waals surface area contributed by atoms with Crippen LogP contribution in [0.3, 0.4) is 0 Å². The van der Waals surface area contributed by atoms with Crippen molar-refractivity contribution < 1.29 is 32.8 Å². The second-order valence-corrected chi connectivity index (χ2v) is 15.0. The van der Waals surface area contributed by atoms with Crippen LogP contribution in [-0.2, 0) is 27.9 Å². The van der Waals surface area contributed by atoms with Crippen LogP contribution in [0.15, 0.2) is 0 Å². The molecule has 0 aromatic carbocycles. The van der Waals surface area contributed by atoms with Crippen molar-refractivity contribution in [3.63, 3.8) is 0 Å². The minimum absolute atomic E-state index is 0.0905. The van der Waals surface area contributed by atoms with Crippen molar-refractivity contribution >= 4 is 13.8 Å². The summed E-state index contributed by atoms with van der Waals surface area (Å²) in [5.74, 6) is -0.329. The fourth-order valence-electron chi connectivity index (χ4n) is 5.82. The van der Waals surface area contributed by atoms with E-state index in [0.717, 1.165) is 32.1 Å². The molecule has 0 aliphatic carbocycles. The lowest BCUT2D eigenvalue weighted by Crippen LogP contribution is -2.28. The third-order valence-corrected chi connectivity index (χ3v) is 9.76. The molecule has 0 saturated heterocycles. The van der Waals surface area contributed by atoms with Gasteiger partial charge in [-0.15, -0.1) is 0 Å². The number of phosphoric ester groups is 1. The van der Waals surface area contributed by atoms with Gasteiger partial charge >= 0.3 is 13.8 Å². The van der Waals surface area contributed by atoms with E-state index >= 15 is 0 Å². The predicted octanol–water partition coefficient (Wildman–Crippen LogP) is 11.4.